The molecule has 0 saturated heterocycles. The Bertz CT molecular complexity index is 927. The number of fused-ring (bicyclic) bond motifs is 1. The normalized spacial score (nSPS) is 16.3. The average molecular weight is 381 g/mol. The topological polar surface area (TPSA) is 44.9 Å². The van der Waals surface area contributed by atoms with Crippen molar-refractivity contribution >= 4 is 28.4 Å². The van der Waals surface area contributed by atoms with Crippen LogP contribution >= 0.6 is 11.6 Å². The van der Waals surface area contributed by atoms with E-state index < -0.39 is 0 Å². The summed E-state index contributed by atoms with van der Waals surface area (Å²) < 4.78 is 0. The van der Waals surface area contributed by atoms with Gasteiger partial charge in [0.15, 0.2) is 0 Å². The fourth-order valence-electron chi connectivity index (χ4n) is 4.25. The maximum Gasteiger partial charge on any atom is 0.221 e. The Morgan fingerprint density at radius 1 is 1.04 bits per heavy atom. The standard InChI is InChI=1S/C23H25ClN2O/c24-21-12-6-4-10-17(21)19(14-23(27)26-16-8-2-1-3-9-16)20-15-25-22-13-7-5-11-18(20)22/h4-7,10-13,15-16,19,25H,1-3,8-9,14H2,(H,26,27). The van der Waals surface area contributed by atoms with Gasteiger partial charge in [-0.25, -0.2) is 0 Å². The van der Waals surface area contributed by atoms with Crippen LogP contribution in [0.3, 0.4) is 0 Å². The molecule has 0 bridgehead atoms. The predicted octanol–water partition coefficient (Wildman–Crippen LogP) is 5.79. The Morgan fingerprint density at radius 2 is 1.78 bits per heavy atom. The summed E-state index contributed by atoms with van der Waals surface area (Å²) in [6, 6.07) is 16.4. The first-order valence-electron chi connectivity index (χ1n) is 9.82. The second-order valence-corrected chi connectivity index (χ2v) is 7.88. The fraction of sp³-hybridized carbons (Fsp3) is 0.348. The Kier molecular flexibility index (Phi) is 5.49. The second-order valence-electron chi connectivity index (χ2n) is 7.47. The summed E-state index contributed by atoms with van der Waals surface area (Å²) in [6.45, 7) is 0. The minimum absolute atomic E-state index is 0.0709. The number of halogens is 1. The third-order valence-electron chi connectivity index (χ3n) is 5.64. The molecule has 1 fully saturated rings. The lowest BCUT2D eigenvalue weighted by atomic mass is 9.87. The van der Waals surface area contributed by atoms with Crippen LogP contribution in [0.4, 0.5) is 0 Å². The highest BCUT2D eigenvalue weighted by molar-refractivity contribution is 6.31. The summed E-state index contributed by atoms with van der Waals surface area (Å²) in [5.74, 6) is 0.0375. The smallest absolute Gasteiger partial charge is 0.221 e. The van der Waals surface area contributed by atoms with Crippen molar-refractivity contribution in [3.8, 4) is 0 Å². The zero-order valence-electron chi connectivity index (χ0n) is 15.4. The zero-order chi connectivity index (χ0) is 18.6. The first-order valence-corrected chi connectivity index (χ1v) is 10.2. The number of carbonyl (C=O) groups excluding carboxylic acids is 1. The van der Waals surface area contributed by atoms with Crippen LogP contribution in [-0.4, -0.2) is 16.9 Å². The van der Waals surface area contributed by atoms with Crippen molar-refractivity contribution in [1.29, 1.82) is 0 Å². The number of aromatic nitrogens is 1. The van der Waals surface area contributed by atoms with Crippen LogP contribution in [0.1, 0.15) is 55.6 Å². The largest absolute Gasteiger partial charge is 0.361 e. The number of nitrogens with one attached hydrogen (secondary N) is 2. The quantitative estimate of drug-likeness (QED) is 0.577. The number of para-hydroxylation sites is 1. The van der Waals surface area contributed by atoms with Crippen molar-refractivity contribution < 1.29 is 4.79 Å². The lowest BCUT2D eigenvalue weighted by Crippen LogP contribution is -2.36. The molecule has 1 amide bonds. The van der Waals surface area contributed by atoms with Gasteiger partial charge in [0.1, 0.15) is 0 Å². The highest BCUT2D eigenvalue weighted by Crippen LogP contribution is 2.36. The van der Waals surface area contributed by atoms with Crippen molar-refractivity contribution in [3.63, 3.8) is 0 Å². The van der Waals surface area contributed by atoms with E-state index in [-0.39, 0.29) is 11.8 Å². The fourth-order valence-corrected chi connectivity index (χ4v) is 4.51. The third kappa shape index (κ3) is 4.03. The Labute approximate surface area is 165 Å². The number of rotatable bonds is 5. The molecular weight excluding hydrogens is 356 g/mol. The summed E-state index contributed by atoms with van der Waals surface area (Å²) >= 11 is 6.52. The first-order chi connectivity index (χ1) is 13.2. The van der Waals surface area contributed by atoms with E-state index in [9.17, 15) is 4.79 Å². The Balaban J connectivity index is 1.64. The van der Waals surface area contributed by atoms with Crippen LogP contribution in [0.2, 0.25) is 5.02 Å². The molecule has 27 heavy (non-hydrogen) atoms. The number of carbonyl (C=O) groups is 1. The molecule has 0 radical (unpaired) electrons. The van der Waals surface area contributed by atoms with Gasteiger partial charge < -0.3 is 10.3 Å². The molecule has 1 heterocycles. The highest BCUT2D eigenvalue weighted by Gasteiger charge is 2.24. The number of hydrogen-bond acceptors (Lipinski definition) is 1. The number of amides is 1. The van der Waals surface area contributed by atoms with Gasteiger partial charge in [0.2, 0.25) is 5.91 Å². The predicted molar refractivity (Wildman–Crippen MR) is 111 cm³/mol. The van der Waals surface area contributed by atoms with Gasteiger partial charge in [-0.15, -0.1) is 0 Å². The molecule has 3 nitrogen and oxygen atoms in total. The van der Waals surface area contributed by atoms with E-state index in [4.69, 9.17) is 11.6 Å². The number of hydrogen-bond donors (Lipinski definition) is 2. The van der Waals surface area contributed by atoms with Gasteiger partial charge in [0.05, 0.1) is 0 Å². The van der Waals surface area contributed by atoms with E-state index >= 15 is 0 Å². The van der Waals surface area contributed by atoms with Gasteiger partial charge in [-0.3, -0.25) is 4.79 Å². The molecule has 3 aromatic rings. The summed E-state index contributed by atoms with van der Waals surface area (Å²) in [6.07, 6.45) is 8.31. The van der Waals surface area contributed by atoms with Crippen LogP contribution in [0.5, 0.6) is 0 Å². The second kappa shape index (κ2) is 8.18. The molecule has 0 aliphatic heterocycles. The average Bonchev–Trinajstić information content (AvgIpc) is 3.11. The van der Waals surface area contributed by atoms with E-state index in [1.807, 2.05) is 42.6 Å². The molecule has 2 aromatic carbocycles. The molecule has 1 atom stereocenters. The summed E-state index contributed by atoms with van der Waals surface area (Å²) in [5.41, 5.74) is 3.21. The molecule has 0 spiro atoms. The van der Waals surface area contributed by atoms with Crippen molar-refractivity contribution in [2.45, 2.75) is 50.5 Å². The molecule has 4 rings (SSSR count). The van der Waals surface area contributed by atoms with Crippen molar-refractivity contribution in [1.82, 2.24) is 10.3 Å². The lowest BCUT2D eigenvalue weighted by Gasteiger charge is -2.24. The molecular formula is C23H25ClN2O. The van der Waals surface area contributed by atoms with Crippen LogP contribution in [0, 0.1) is 0 Å². The van der Waals surface area contributed by atoms with Crippen LogP contribution in [0.15, 0.2) is 54.7 Å². The van der Waals surface area contributed by atoms with Gasteiger partial charge in [0, 0.05) is 40.5 Å². The van der Waals surface area contributed by atoms with E-state index in [0.717, 1.165) is 34.9 Å². The summed E-state index contributed by atoms with van der Waals surface area (Å²) in [7, 11) is 0. The summed E-state index contributed by atoms with van der Waals surface area (Å²) in [4.78, 5) is 16.2. The van der Waals surface area contributed by atoms with Gasteiger partial charge in [0.25, 0.3) is 0 Å². The maximum absolute atomic E-state index is 12.9. The number of benzene rings is 2. The number of H-pyrrole nitrogens is 1. The zero-order valence-corrected chi connectivity index (χ0v) is 16.1. The molecule has 1 aliphatic rings. The van der Waals surface area contributed by atoms with Gasteiger partial charge >= 0.3 is 0 Å². The van der Waals surface area contributed by atoms with E-state index in [1.165, 1.54) is 19.3 Å². The monoisotopic (exact) mass is 380 g/mol. The third-order valence-corrected chi connectivity index (χ3v) is 5.98. The van der Waals surface area contributed by atoms with Gasteiger partial charge in [-0.05, 0) is 36.1 Å². The van der Waals surface area contributed by atoms with Crippen LogP contribution in [0.25, 0.3) is 10.9 Å². The van der Waals surface area contributed by atoms with Gasteiger partial charge in [-0.2, -0.15) is 0 Å². The molecule has 1 unspecified atom stereocenters. The molecule has 4 heteroatoms. The molecule has 1 aliphatic carbocycles. The Hall–Kier alpha value is -2.26. The molecule has 1 saturated carbocycles. The van der Waals surface area contributed by atoms with Crippen molar-refractivity contribution in [2.75, 3.05) is 0 Å². The molecule has 1 aromatic heterocycles. The van der Waals surface area contributed by atoms with Crippen LogP contribution < -0.4 is 5.32 Å². The lowest BCUT2D eigenvalue weighted by molar-refractivity contribution is -0.122. The maximum atomic E-state index is 12.9. The van der Waals surface area contributed by atoms with E-state index in [0.29, 0.717) is 17.5 Å². The van der Waals surface area contributed by atoms with E-state index in [1.54, 1.807) is 0 Å². The molecule has 2 N–H and O–H groups in total. The van der Waals surface area contributed by atoms with Gasteiger partial charge in [-0.1, -0.05) is 67.3 Å². The van der Waals surface area contributed by atoms with Crippen LogP contribution in [-0.2, 0) is 4.79 Å². The minimum Gasteiger partial charge on any atom is -0.361 e. The number of aromatic amines is 1. The Morgan fingerprint density at radius 3 is 2.59 bits per heavy atom. The highest BCUT2D eigenvalue weighted by atomic mass is 35.5. The minimum atomic E-state index is -0.0709. The molecule has 140 valence electrons. The summed E-state index contributed by atoms with van der Waals surface area (Å²) in [5, 5.41) is 5.11. The van der Waals surface area contributed by atoms with E-state index in [2.05, 4.69) is 22.4 Å². The van der Waals surface area contributed by atoms with Crippen molar-refractivity contribution in [2.24, 2.45) is 0 Å². The van der Waals surface area contributed by atoms with Crippen molar-refractivity contribution in [3.05, 3.63) is 70.9 Å². The first kappa shape index (κ1) is 18.1. The SMILES string of the molecule is O=C(CC(c1ccccc1Cl)c1c[nH]c2ccccc12)NC1CCCCC1.